The zero-order valence-electron chi connectivity index (χ0n) is 7.14. The minimum atomic E-state index is 0.235. The number of rotatable bonds is 1. The Kier molecular flexibility index (Phi) is 2.74. The SMILES string of the molecule is CC1(C)CCC(Br)C(C=O)C1. The smallest absolute Gasteiger partial charge is 0.124 e. The summed E-state index contributed by atoms with van der Waals surface area (Å²) in [5, 5.41) is 0. The first-order valence-corrected chi connectivity index (χ1v) is 5.06. The van der Waals surface area contributed by atoms with E-state index in [9.17, 15) is 4.79 Å². The Labute approximate surface area is 76.7 Å². The summed E-state index contributed by atoms with van der Waals surface area (Å²) in [6.45, 7) is 4.48. The third-order valence-corrected chi connectivity index (χ3v) is 3.66. The van der Waals surface area contributed by atoms with Crippen molar-refractivity contribution in [3.05, 3.63) is 0 Å². The van der Waals surface area contributed by atoms with E-state index in [1.807, 2.05) is 0 Å². The van der Waals surface area contributed by atoms with Gasteiger partial charge >= 0.3 is 0 Å². The molecule has 0 heterocycles. The number of hydrogen-bond acceptors (Lipinski definition) is 1. The fourth-order valence-electron chi connectivity index (χ4n) is 1.74. The zero-order valence-corrected chi connectivity index (χ0v) is 8.73. The van der Waals surface area contributed by atoms with E-state index in [1.54, 1.807) is 0 Å². The molecule has 1 fully saturated rings. The Bertz CT molecular complexity index is 154. The standard InChI is InChI=1S/C9H15BrO/c1-9(2)4-3-8(10)7(5-9)6-11/h6-8H,3-5H2,1-2H3. The fourth-order valence-corrected chi connectivity index (χ4v) is 2.28. The predicted molar refractivity (Wildman–Crippen MR) is 49.9 cm³/mol. The molecular formula is C9H15BrO. The molecule has 1 aliphatic rings. The lowest BCUT2D eigenvalue weighted by Crippen LogP contribution is -2.30. The van der Waals surface area contributed by atoms with Crippen molar-refractivity contribution in [1.82, 2.24) is 0 Å². The lowest BCUT2D eigenvalue weighted by Gasteiger charge is -2.35. The van der Waals surface area contributed by atoms with Gasteiger partial charge in [-0.2, -0.15) is 0 Å². The minimum absolute atomic E-state index is 0.235. The van der Waals surface area contributed by atoms with Gasteiger partial charge in [0.05, 0.1) is 0 Å². The van der Waals surface area contributed by atoms with Crippen molar-refractivity contribution in [1.29, 1.82) is 0 Å². The van der Waals surface area contributed by atoms with Gasteiger partial charge in [0, 0.05) is 10.7 Å². The third kappa shape index (κ3) is 2.29. The highest BCUT2D eigenvalue weighted by molar-refractivity contribution is 9.09. The molecule has 0 spiro atoms. The summed E-state index contributed by atoms with van der Waals surface area (Å²) in [5.41, 5.74) is 0.371. The van der Waals surface area contributed by atoms with Crippen molar-refractivity contribution in [2.45, 2.75) is 37.9 Å². The molecule has 0 N–H and O–H groups in total. The summed E-state index contributed by atoms with van der Waals surface area (Å²) in [6, 6.07) is 0. The van der Waals surface area contributed by atoms with Gasteiger partial charge in [0.2, 0.25) is 0 Å². The molecule has 0 saturated heterocycles. The summed E-state index contributed by atoms with van der Waals surface area (Å²) >= 11 is 3.54. The van der Waals surface area contributed by atoms with E-state index in [1.165, 1.54) is 6.42 Å². The van der Waals surface area contributed by atoms with Gasteiger partial charge in [0.15, 0.2) is 0 Å². The van der Waals surface area contributed by atoms with Crippen LogP contribution in [0.3, 0.4) is 0 Å². The zero-order chi connectivity index (χ0) is 8.48. The maximum Gasteiger partial charge on any atom is 0.124 e. The lowest BCUT2D eigenvalue weighted by atomic mass is 9.73. The fraction of sp³-hybridized carbons (Fsp3) is 0.889. The summed E-state index contributed by atoms with van der Waals surface area (Å²) in [4.78, 5) is 11.1. The summed E-state index contributed by atoms with van der Waals surface area (Å²) < 4.78 is 0. The molecule has 0 amide bonds. The van der Waals surface area contributed by atoms with E-state index in [4.69, 9.17) is 0 Å². The van der Waals surface area contributed by atoms with Gasteiger partial charge in [0.1, 0.15) is 6.29 Å². The maximum atomic E-state index is 10.6. The summed E-state index contributed by atoms with van der Waals surface area (Å²) in [6.07, 6.45) is 4.50. The van der Waals surface area contributed by atoms with E-state index >= 15 is 0 Å². The van der Waals surface area contributed by atoms with Crippen LogP contribution < -0.4 is 0 Å². The van der Waals surface area contributed by atoms with E-state index in [0.29, 0.717) is 10.2 Å². The number of aldehydes is 1. The second-order valence-electron chi connectivity index (χ2n) is 4.22. The molecule has 0 bridgehead atoms. The van der Waals surface area contributed by atoms with E-state index in [-0.39, 0.29) is 5.92 Å². The van der Waals surface area contributed by atoms with Crippen LogP contribution in [0.4, 0.5) is 0 Å². The molecule has 64 valence electrons. The summed E-state index contributed by atoms with van der Waals surface area (Å²) in [7, 11) is 0. The quantitative estimate of drug-likeness (QED) is 0.489. The van der Waals surface area contributed by atoms with Crippen molar-refractivity contribution in [2.75, 3.05) is 0 Å². The molecular weight excluding hydrogens is 204 g/mol. The Morgan fingerprint density at radius 2 is 2.18 bits per heavy atom. The molecule has 0 aromatic rings. The van der Waals surface area contributed by atoms with Gasteiger partial charge in [-0.1, -0.05) is 29.8 Å². The van der Waals surface area contributed by atoms with Crippen LogP contribution in [0, 0.1) is 11.3 Å². The van der Waals surface area contributed by atoms with Gasteiger partial charge in [0.25, 0.3) is 0 Å². The molecule has 2 unspecified atom stereocenters. The molecule has 0 aromatic heterocycles. The molecule has 0 aliphatic heterocycles. The Balaban J connectivity index is 2.58. The van der Waals surface area contributed by atoms with Crippen molar-refractivity contribution in [3.63, 3.8) is 0 Å². The van der Waals surface area contributed by atoms with Crippen LogP contribution in [0.15, 0.2) is 0 Å². The van der Waals surface area contributed by atoms with Crippen LogP contribution in [0.25, 0.3) is 0 Å². The van der Waals surface area contributed by atoms with Gasteiger partial charge in [-0.3, -0.25) is 0 Å². The van der Waals surface area contributed by atoms with Crippen molar-refractivity contribution in [3.8, 4) is 0 Å². The Morgan fingerprint density at radius 1 is 1.55 bits per heavy atom. The van der Waals surface area contributed by atoms with Gasteiger partial charge in [-0.25, -0.2) is 0 Å². The Morgan fingerprint density at radius 3 is 2.64 bits per heavy atom. The number of alkyl halides is 1. The first-order chi connectivity index (χ1) is 5.05. The van der Waals surface area contributed by atoms with E-state index in [0.717, 1.165) is 19.1 Å². The molecule has 1 rings (SSSR count). The highest BCUT2D eigenvalue weighted by Crippen LogP contribution is 2.40. The highest BCUT2D eigenvalue weighted by atomic mass is 79.9. The topological polar surface area (TPSA) is 17.1 Å². The molecule has 1 nitrogen and oxygen atoms in total. The van der Waals surface area contributed by atoms with Crippen LogP contribution in [-0.4, -0.2) is 11.1 Å². The maximum absolute atomic E-state index is 10.6. The molecule has 11 heavy (non-hydrogen) atoms. The highest BCUT2D eigenvalue weighted by Gasteiger charge is 2.32. The van der Waals surface area contributed by atoms with Gasteiger partial charge in [-0.05, 0) is 24.7 Å². The second-order valence-corrected chi connectivity index (χ2v) is 5.40. The number of hydrogen-bond donors (Lipinski definition) is 0. The molecule has 0 radical (unpaired) electrons. The number of carbonyl (C=O) groups is 1. The Hall–Kier alpha value is 0.150. The van der Waals surface area contributed by atoms with Crippen LogP contribution in [-0.2, 0) is 4.79 Å². The van der Waals surface area contributed by atoms with Crippen LogP contribution in [0.5, 0.6) is 0 Å². The summed E-state index contributed by atoms with van der Waals surface area (Å²) in [5.74, 6) is 0.235. The molecule has 1 saturated carbocycles. The first-order valence-electron chi connectivity index (χ1n) is 4.14. The van der Waals surface area contributed by atoms with E-state index < -0.39 is 0 Å². The van der Waals surface area contributed by atoms with Crippen molar-refractivity contribution < 1.29 is 4.79 Å². The number of halogens is 1. The minimum Gasteiger partial charge on any atom is -0.303 e. The lowest BCUT2D eigenvalue weighted by molar-refractivity contribution is -0.112. The predicted octanol–water partition coefficient (Wildman–Crippen LogP) is 2.78. The molecule has 2 heteroatoms. The third-order valence-electron chi connectivity index (χ3n) is 2.52. The second kappa shape index (κ2) is 3.26. The van der Waals surface area contributed by atoms with Crippen LogP contribution >= 0.6 is 15.9 Å². The molecule has 2 atom stereocenters. The molecule has 0 aromatic carbocycles. The monoisotopic (exact) mass is 218 g/mol. The van der Waals surface area contributed by atoms with Crippen LogP contribution in [0.2, 0.25) is 0 Å². The average Bonchev–Trinajstić information content (AvgIpc) is 1.94. The average molecular weight is 219 g/mol. The van der Waals surface area contributed by atoms with Gasteiger partial charge in [-0.15, -0.1) is 0 Å². The van der Waals surface area contributed by atoms with Crippen LogP contribution in [0.1, 0.15) is 33.1 Å². The van der Waals surface area contributed by atoms with Gasteiger partial charge < -0.3 is 4.79 Å². The van der Waals surface area contributed by atoms with E-state index in [2.05, 4.69) is 29.8 Å². The largest absolute Gasteiger partial charge is 0.303 e. The number of carbonyl (C=O) groups excluding carboxylic acids is 1. The molecule has 1 aliphatic carbocycles. The normalized spacial score (nSPS) is 36.6. The van der Waals surface area contributed by atoms with Crippen molar-refractivity contribution in [2.24, 2.45) is 11.3 Å². The van der Waals surface area contributed by atoms with Crippen molar-refractivity contribution >= 4 is 22.2 Å². The first kappa shape index (κ1) is 9.24.